The molecule has 2 heterocycles. The molecule has 2 aromatic heterocycles. The predicted molar refractivity (Wildman–Crippen MR) is 56.5 cm³/mol. The number of carboxylic acid groups (broad SMARTS) is 1. The van der Waals surface area contributed by atoms with Crippen LogP contribution in [-0.2, 0) is 6.54 Å². The molecule has 96 valence electrons. The average molecular weight is 256 g/mol. The molecule has 2 rings (SSSR count). The maximum atomic E-state index is 12.6. The first-order valence-electron chi connectivity index (χ1n) is 5.06. The lowest BCUT2D eigenvalue weighted by Gasteiger charge is -2.07. The third kappa shape index (κ3) is 2.08. The third-order valence-corrected chi connectivity index (χ3v) is 2.58. The monoisotopic (exact) mass is 256 g/mol. The molecular weight excluding hydrogens is 246 g/mol. The summed E-state index contributed by atoms with van der Waals surface area (Å²) in [5.74, 6) is -0.982. The van der Waals surface area contributed by atoms with Crippen molar-refractivity contribution in [2.75, 3.05) is 0 Å². The van der Waals surface area contributed by atoms with Crippen LogP contribution in [0, 0.1) is 6.92 Å². The zero-order valence-electron chi connectivity index (χ0n) is 9.42. The van der Waals surface area contributed by atoms with Gasteiger partial charge in [-0.1, -0.05) is 0 Å². The number of rotatable bonds is 4. The van der Waals surface area contributed by atoms with E-state index in [2.05, 4.69) is 10.1 Å². The molecule has 8 heteroatoms. The van der Waals surface area contributed by atoms with E-state index in [-0.39, 0.29) is 17.9 Å². The highest BCUT2D eigenvalue weighted by molar-refractivity contribution is 5.88. The summed E-state index contributed by atoms with van der Waals surface area (Å²) >= 11 is 0. The Hall–Kier alpha value is -2.25. The lowest BCUT2D eigenvalue weighted by molar-refractivity contribution is 0.0662. The molecule has 0 radical (unpaired) electrons. The number of nitrogens with zero attached hydrogens (tertiary/aromatic N) is 4. The first kappa shape index (κ1) is 12.2. The highest BCUT2D eigenvalue weighted by atomic mass is 19.3. The summed E-state index contributed by atoms with van der Waals surface area (Å²) in [5, 5.41) is 12.7. The van der Waals surface area contributed by atoms with Gasteiger partial charge >= 0.3 is 12.5 Å². The number of carbonyl (C=O) groups is 1. The van der Waals surface area contributed by atoms with E-state index in [4.69, 9.17) is 5.11 Å². The summed E-state index contributed by atoms with van der Waals surface area (Å²) < 4.78 is 27.2. The molecule has 0 spiro atoms. The van der Waals surface area contributed by atoms with E-state index < -0.39 is 12.5 Å². The van der Waals surface area contributed by atoms with E-state index in [0.29, 0.717) is 10.3 Å². The fourth-order valence-electron chi connectivity index (χ4n) is 1.59. The van der Waals surface area contributed by atoms with Gasteiger partial charge in [-0.25, -0.2) is 9.78 Å². The zero-order valence-corrected chi connectivity index (χ0v) is 9.42. The molecule has 2 aromatic rings. The Bertz CT molecular complexity index is 576. The maximum absolute atomic E-state index is 12.6. The van der Waals surface area contributed by atoms with Crippen LogP contribution < -0.4 is 0 Å². The smallest absolute Gasteiger partial charge is 0.339 e. The van der Waals surface area contributed by atoms with Gasteiger partial charge in [-0.3, -0.25) is 9.25 Å². The minimum absolute atomic E-state index is 0.00352. The highest BCUT2D eigenvalue weighted by Crippen LogP contribution is 2.14. The summed E-state index contributed by atoms with van der Waals surface area (Å²) in [5.41, 5.74) is 0.441. The lowest BCUT2D eigenvalue weighted by Crippen LogP contribution is -2.11. The van der Waals surface area contributed by atoms with Crippen LogP contribution in [0.2, 0.25) is 0 Å². The minimum Gasteiger partial charge on any atom is -0.478 e. The Kier molecular flexibility index (Phi) is 3.09. The van der Waals surface area contributed by atoms with Crippen LogP contribution in [0.15, 0.2) is 18.6 Å². The van der Waals surface area contributed by atoms with Gasteiger partial charge in [0.2, 0.25) is 0 Å². The van der Waals surface area contributed by atoms with Gasteiger partial charge in [0.1, 0.15) is 11.4 Å². The highest BCUT2D eigenvalue weighted by Gasteiger charge is 2.16. The second kappa shape index (κ2) is 4.55. The van der Waals surface area contributed by atoms with Crippen molar-refractivity contribution in [1.82, 2.24) is 19.3 Å². The Balaban J connectivity index is 2.29. The largest absolute Gasteiger partial charge is 0.478 e. The molecule has 0 atom stereocenters. The Morgan fingerprint density at radius 3 is 2.83 bits per heavy atom. The van der Waals surface area contributed by atoms with Crippen LogP contribution in [0.1, 0.15) is 28.4 Å². The van der Waals surface area contributed by atoms with Crippen LogP contribution >= 0.6 is 0 Å². The molecule has 0 aromatic carbocycles. The maximum Gasteiger partial charge on any atom is 0.339 e. The number of halogens is 2. The summed E-state index contributed by atoms with van der Waals surface area (Å²) in [6, 6.07) is 0. The summed E-state index contributed by atoms with van der Waals surface area (Å²) in [7, 11) is 0. The first-order valence-corrected chi connectivity index (χ1v) is 5.06. The molecule has 0 fully saturated rings. The van der Waals surface area contributed by atoms with Crippen molar-refractivity contribution in [3.63, 3.8) is 0 Å². The quantitative estimate of drug-likeness (QED) is 0.900. The summed E-state index contributed by atoms with van der Waals surface area (Å²) in [6.07, 6.45) is 3.61. The van der Waals surface area contributed by atoms with Crippen molar-refractivity contribution in [1.29, 1.82) is 0 Å². The molecule has 1 N–H and O–H groups in total. The standard InChI is InChI=1S/C10H10F2N4O2/c1-6-7(9(17)18)4-14-16(6)5-8-13-2-3-15(8)10(11)12/h2-4,10H,5H2,1H3,(H,17,18). The van der Waals surface area contributed by atoms with Gasteiger partial charge in [0, 0.05) is 12.4 Å². The number of imidazole rings is 1. The molecular formula is C10H10F2N4O2. The van der Waals surface area contributed by atoms with Gasteiger partial charge in [0.05, 0.1) is 18.4 Å². The van der Waals surface area contributed by atoms with Crippen LogP contribution in [0.3, 0.4) is 0 Å². The van der Waals surface area contributed by atoms with Crippen LogP contribution in [0.25, 0.3) is 0 Å². The van der Waals surface area contributed by atoms with E-state index in [1.54, 1.807) is 6.92 Å². The summed E-state index contributed by atoms with van der Waals surface area (Å²) in [4.78, 5) is 14.6. The van der Waals surface area contributed by atoms with Crippen molar-refractivity contribution >= 4 is 5.97 Å². The molecule has 0 aliphatic heterocycles. The Labute approximate surface area is 100 Å². The van der Waals surface area contributed by atoms with Gasteiger partial charge < -0.3 is 5.11 Å². The number of aromatic carboxylic acids is 1. The fourth-order valence-corrected chi connectivity index (χ4v) is 1.59. The third-order valence-electron chi connectivity index (χ3n) is 2.58. The lowest BCUT2D eigenvalue weighted by atomic mass is 10.3. The number of hydrogen-bond donors (Lipinski definition) is 1. The number of aromatic nitrogens is 4. The molecule has 0 aliphatic rings. The number of carboxylic acids is 1. The minimum atomic E-state index is -2.68. The normalized spacial score (nSPS) is 11.1. The topological polar surface area (TPSA) is 72.9 Å². The molecule has 0 bridgehead atoms. The van der Waals surface area contributed by atoms with E-state index in [9.17, 15) is 13.6 Å². The zero-order chi connectivity index (χ0) is 13.3. The second-order valence-electron chi connectivity index (χ2n) is 3.63. The van der Waals surface area contributed by atoms with Gasteiger partial charge in [0.15, 0.2) is 0 Å². The van der Waals surface area contributed by atoms with E-state index in [1.165, 1.54) is 17.1 Å². The summed E-state index contributed by atoms with van der Waals surface area (Å²) in [6.45, 7) is -1.12. The van der Waals surface area contributed by atoms with Gasteiger partial charge in [-0.2, -0.15) is 13.9 Å². The molecule has 0 aliphatic carbocycles. The SMILES string of the molecule is Cc1c(C(=O)O)cnn1Cc1nccn1C(F)F. The van der Waals surface area contributed by atoms with E-state index in [0.717, 1.165) is 6.20 Å². The first-order chi connectivity index (χ1) is 8.50. The number of hydrogen-bond acceptors (Lipinski definition) is 3. The van der Waals surface area contributed by atoms with Crippen molar-refractivity contribution < 1.29 is 18.7 Å². The molecule has 6 nitrogen and oxygen atoms in total. The van der Waals surface area contributed by atoms with Gasteiger partial charge in [0.25, 0.3) is 0 Å². The average Bonchev–Trinajstić information content (AvgIpc) is 2.87. The van der Waals surface area contributed by atoms with Crippen LogP contribution in [0.5, 0.6) is 0 Å². The molecule has 0 saturated heterocycles. The molecule has 18 heavy (non-hydrogen) atoms. The molecule has 0 amide bonds. The molecule has 0 saturated carbocycles. The Morgan fingerprint density at radius 1 is 1.56 bits per heavy atom. The Morgan fingerprint density at radius 2 is 2.28 bits per heavy atom. The van der Waals surface area contributed by atoms with Gasteiger partial charge in [-0.05, 0) is 6.92 Å². The van der Waals surface area contributed by atoms with Crippen LogP contribution in [-0.4, -0.2) is 30.4 Å². The predicted octanol–water partition coefficient (Wildman–Crippen LogP) is 1.53. The fraction of sp³-hybridized carbons (Fsp3) is 0.300. The second-order valence-corrected chi connectivity index (χ2v) is 3.63. The molecule has 0 unspecified atom stereocenters. The van der Waals surface area contributed by atoms with E-state index in [1.807, 2.05) is 0 Å². The van der Waals surface area contributed by atoms with Crippen molar-refractivity contribution in [2.45, 2.75) is 20.0 Å². The number of alkyl halides is 2. The van der Waals surface area contributed by atoms with Crippen LogP contribution in [0.4, 0.5) is 8.78 Å². The van der Waals surface area contributed by atoms with Crippen molar-refractivity contribution in [2.24, 2.45) is 0 Å². The van der Waals surface area contributed by atoms with Crippen molar-refractivity contribution in [3.8, 4) is 0 Å². The van der Waals surface area contributed by atoms with Gasteiger partial charge in [-0.15, -0.1) is 0 Å². The van der Waals surface area contributed by atoms with E-state index >= 15 is 0 Å². The van der Waals surface area contributed by atoms with Crippen molar-refractivity contribution in [3.05, 3.63) is 35.7 Å².